The monoisotopic (exact) mass is 324 g/mol. The van der Waals surface area contributed by atoms with E-state index in [9.17, 15) is 4.79 Å². The van der Waals surface area contributed by atoms with Gasteiger partial charge in [-0.05, 0) is 25.0 Å². The Morgan fingerprint density at radius 2 is 1.84 bits per heavy atom. The molecule has 0 atom stereocenters. The highest BCUT2D eigenvalue weighted by molar-refractivity contribution is 6.37. The molecule has 0 radical (unpaired) electrons. The summed E-state index contributed by atoms with van der Waals surface area (Å²) >= 11 is 17.8. The smallest absolute Gasteiger partial charge is 0.305 e. The van der Waals surface area contributed by atoms with E-state index < -0.39 is 0 Å². The number of halogens is 3. The highest BCUT2D eigenvalue weighted by atomic mass is 35.5. The van der Waals surface area contributed by atoms with Crippen LogP contribution in [0.3, 0.4) is 0 Å². The zero-order valence-electron chi connectivity index (χ0n) is 10.5. The van der Waals surface area contributed by atoms with Crippen LogP contribution in [0.1, 0.15) is 24.8 Å². The summed E-state index contributed by atoms with van der Waals surface area (Å²) in [5.41, 5.74) is 0.697. The van der Waals surface area contributed by atoms with Crippen molar-refractivity contribution in [1.29, 1.82) is 0 Å². The van der Waals surface area contributed by atoms with Crippen LogP contribution >= 0.6 is 34.8 Å². The van der Waals surface area contributed by atoms with E-state index in [0.717, 1.165) is 6.42 Å². The molecule has 0 aromatic heterocycles. The number of carbonyl (C=O) groups excluding carboxylic acids is 1. The van der Waals surface area contributed by atoms with Crippen molar-refractivity contribution in [1.82, 2.24) is 0 Å². The Labute approximate surface area is 127 Å². The Morgan fingerprint density at radius 1 is 1.21 bits per heavy atom. The molecule has 0 fully saturated rings. The third-order valence-corrected chi connectivity index (χ3v) is 3.46. The van der Waals surface area contributed by atoms with E-state index in [4.69, 9.17) is 39.5 Å². The van der Waals surface area contributed by atoms with E-state index in [1.165, 1.54) is 7.11 Å². The van der Waals surface area contributed by atoms with Gasteiger partial charge in [-0.15, -0.1) is 11.6 Å². The molecule has 19 heavy (non-hydrogen) atoms. The van der Waals surface area contributed by atoms with Crippen LogP contribution in [0.15, 0.2) is 12.1 Å². The lowest BCUT2D eigenvalue weighted by atomic mass is 10.2. The van der Waals surface area contributed by atoms with E-state index in [2.05, 4.69) is 4.74 Å². The van der Waals surface area contributed by atoms with Crippen LogP contribution < -0.4 is 4.74 Å². The maximum atomic E-state index is 10.9. The highest BCUT2D eigenvalue weighted by Crippen LogP contribution is 2.31. The number of hydrogen-bond acceptors (Lipinski definition) is 3. The fourth-order valence-corrected chi connectivity index (χ4v) is 2.48. The van der Waals surface area contributed by atoms with Gasteiger partial charge in [0.2, 0.25) is 0 Å². The SMILES string of the molecule is COC(=O)CCCCOc1cc(Cl)c(CCl)c(Cl)c1. The average molecular weight is 326 g/mol. The molecule has 0 amide bonds. The van der Waals surface area contributed by atoms with Gasteiger partial charge in [0.05, 0.1) is 29.6 Å². The van der Waals surface area contributed by atoms with Crippen LogP contribution in [0, 0.1) is 0 Å². The first-order valence-electron chi connectivity index (χ1n) is 5.82. The largest absolute Gasteiger partial charge is 0.493 e. The fraction of sp³-hybridized carbons (Fsp3) is 0.462. The Bertz CT molecular complexity index is 412. The maximum Gasteiger partial charge on any atom is 0.305 e. The van der Waals surface area contributed by atoms with Crippen LogP contribution in [0.5, 0.6) is 5.75 Å². The molecule has 0 heterocycles. The standard InChI is InChI=1S/C13H15Cl3O3/c1-18-13(17)4-2-3-5-19-9-6-11(15)10(8-14)12(16)7-9/h6-7H,2-5,8H2,1H3. The molecule has 1 rings (SSSR count). The molecule has 0 N–H and O–H groups in total. The molecular weight excluding hydrogens is 310 g/mol. The quantitative estimate of drug-likeness (QED) is 0.422. The number of carbonyl (C=O) groups is 1. The molecule has 1 aromatic rings. The van der Waals surface area contributed by atoms with Crippen molar-refractivity contribution >= 4 is 40.8 Å². The van der Waals surface area contributed by atoms with E-state index >= 15 is 0 Å². The molecule has 0 saturated carbocycles. The zero-order chi connectivity index (χ0) is 14.3. The second-order valence-corrected chi connectivity index (χ2v) is 4.96. The Hall–Kier alpha value is -0.640. The molecule has 0 aliphatic rings. The number of rotatable bonds is 7. The van der Waals surface area contributed by atoms with Crippen LogP contribution in [0.2, 0.25) is 10.0 Å². The number of hydrogen-bond donors (Lipinski definition) is 0. The predicted octanol–water partition coefficient (Wildman–Crippen LogP) is 4.45. The van der Waals surface area contributed by atoms with Gasteiger partial charge >= 0.3 is 5.97 Å². The van der Waals surface area contributed by atoms with Gasteiger partial charge in [0.15, 0.2) is 0 Å². The van der Waals surface area contributed by atoms with Crippen molar-refractivity contribution in [3.63, 3.8) is 0 Å². The number of esters is 1. The minimum absolute atomic E-state index is 0.211. The van der Waals surface area contributed by atoms with Gasteiger partial charge < -0.3 is 9.47 Å². The Kier molecular flexibility index (Phi) is 7.36. The second kappa shape index (κ2) is 8.51. The van der Waals surface area contributed by atoms with E-state index in [0.29, 0.717) is 40.8 Å². The first kappa shape index (κ1) is 16.4. The van der Waals surface area contributed by atoms with E-state index in [1.54, 1.807) is 12.1 Å². The molecule has 0 saturated heterocycles. The van der Waals surface area contributed by atoms with Crippen molar-refractivity contribution in [2.75, 3.05) is 13.7 Å². The lowest BCUT2D eigenvalue weighted by Crippen LogP contribution is -2.02. The van der Waals surface area contributed by atoms with Crippen LogP contribution in [-0.4, -0.2) is 19.7 Å². The number of methoxy groups -OCH3 is 1. The summed E-state index contributed by atoms with van der Waals surface area (Å²) in [5.74, 6) is 0.649. The van der Waals surface area contributed by atoms with Gasteiger partial charge in [-0.25, -0.2) is 0 Å². The summed E-state index contributed by atoms with van der Waals surface area (Å²) in [4.78, 5) is 10.9. The molecule has 0 unspecified atom stereocenters. The number of benzene rings is 1. The molecule has 6 heteroatoms. The fourth-order valence-electron chi connectivity index (χ4n) is 1.45. The van der Waals surface area contributed by atoms with Crippen LogP contribution in [-0.2, 0) is 15.4 Å². The molecule has 3 nitrogen and oxygen atoms in total. The summed E-state index contributed by atoms with van der Waals surface area (Å²) in [5, 5.41) is 0.985. The summed E-state index contributed by atoms with van der Waals surface area (Å²) in [7, 11) is 1.38. The van der Waals surface area contributed by atoms with Gasteiger partial charge in [-0.3, -0.25) is 4.79 Å². The van der Waals surface area contributed by atoms with E-state index in [1.807, 2.05) is 0 Å². The number of ether oxygens (including phenoxy) is 2. The molecule has 0 aliphatic carbocycles. The molecule has 0 spiro atoms. The van der Waals surface area contributed by atoms with Crippen LogP contribution in [0.25, 0.3) is 0 Å². The third kappa shape index (κ3) is 5.47. The zero-order valence-corrected chi connectivity index (χ0v) is 12.8. The lowest BCUT2D eigenvalue weighted by Gasteiger charge is -2.09. The van der Waals surface area contributed by atoms with Crippen LogP contribution in [0.4, 0.5) is 0 Å². The number of unbranched alkanes of at least 4 members (excludes halogenated alkanes) is 1. The van der Waals surface area contributed by atoms with Gasteiger partial charge in [0.1, 0.15) is 5.75 Å². The third-order valence-electron chi connectivity index (χ3n) is 2.52. The van der Waals surface area contributed by atoms with Crippen molar-refractivity contribution in [3.05, 3.63) is 27.7 Å². The minimum Gasteiger partial charge on any atom is -0.493 e. The predicted molar refractivity (Wildman–Crippen MR) is 77.4 cm³/mol. The Morgan fingerprint density at radius 3 is 2.37 bits per heavy atom. The average Bonchev–Trinajstić information content (AvgIpc) is 2.37. The summed E-state index contributed by atoms with van der Waals surface area (Å²) < 4.78 is 10.1. The molecule has 106 valence electrons. The molecule has 1 aromatic carbocycles. The van der Waals surface area contributed by atoms with Gasteiger partial charge in [-0.2, -0.15) is 0 Å². The van der Waals surface area contributed by atoms with Gasteiger partial charge in [0.25, 0.3) is 0 Å². The second-order valence-electron chi connectivity index (χ2n) is 3.88. The topological polar surface area (TPSA) is 35.5 Å². The minimum atomic E-state index is -0.211. The van der Waals surface area contributed by atoms with Gasteiger partial charge in [0, 0.05) is 12.0 Å². The lowest BCUT2D eigenvalue weighted by molar-refractivity contribution is -0.140. The molecule has 0 bridgehead atoms. The summed E-state index contributed by atoms with van der Waals surface area (Å²) in [6.07, 6.45) is 1.86. The number of alkyl halides is 1. The summed E-state index contributed by atoms with van der Waals surface area (Å²) in [6, 6.07) is 3.37. The highest BCUT2D eigenvalue weighted by Gasteiger charge is 2.08. The van der Waals surface area contributed by atoms with Crippen molar-refractivity contribution in [2.45, 2.75) is 25.1 Å². The van der Waals surface area contributed by atoms with E-state index in [-0.39, 0.29) is 11.8 Å². The van der Waals surface area contributed by atoms with Crippen molar-refractivity contribution in [2.24, 2.45) is 0 Å². The summed E-state index contributed by atoms with van der Waals surface area (Å²) in [6.45, 7) is 0.490. The first-order valence-corrected chi connectivity index (χ1v) is 7.11. The Balaban J connectivity index is 2.40. The maximum absolute atomic E-state index is 10.9. The van der Waals surface area contributed by atoms with Gasteiger partial charge in [-0.1, -0.05) is 23.2 Å². The van der Waals surface area contributed by atoms with Crippen molar-refractivity contribution < 1.29 is 14.3 Å². The molecular formula is C13H15Cl3O3. The van der Waals surface area contributed by atoms with Crippen molar-refractivity contribution in [3.8, 4) is 5.75 Å². The molecule has 0 aliphatic heterocycles. The first-order chi connectivity index (χ1) is 9.08. The normalized spacial score (nSPS) is 10.3.